The van der Waals surface area contributed by atoms with Crippen LogP contribution < -0.4 is 5.73 Å². The number of hydrogen-bond donors (Lipinski definition) is 2. The molecule has 1 unspecified atom stereocenters. The minimum Gasteiger partial charge on any atom is -0.480 e. The van der Waals surface area contributed by atoms with E-state index < -0.39 is 12.0 Å². The Bertz CT molecular complexity index is 244. The average molecular weight is 213 g/mol. The third kappa shape index (κ3) is 1.76. The summed E-state index contributed by atoms with van der Waals surface area (Å²) in [6, 6.07) is -0.755. The number of carboxylic acid groups (broad SMARTS) is 1. The van der Waals surface area contributed by atoms with Crippen molar-refractivity contribution >= 4 is 5.97 Å². The van der Waals surface area contributed by atoms with Crippen molar-refractivity contribution in [3.63, 3.8) is 0 Å². The van der Waals surface area contributed by atoms with Gasteiger partial charge in [-0.2, -0.15) is 0 Å². The molecule has 0 radical (unpaired) electrons. The van der Waals surface area contributed by atoms with Gasteiger partial charge in [-0.3, -0.25) is 4.79 Å². The van der Waals surface area contributed by atoms with Crippen molar-refractivity contribution in [3.05, 3.63) is 0 Å². The van der Waals surface area contributed by atoms with E-state index >= 15 is 0 Å². The van der Waals surface area contributed by atoms with Gasteiger partial charge in [0.2, 0.25) is 0 Å². The lowest BCUT2D eigenvalue weighted by atomic mass is 9.63. The predicted molar refractivity (Wildman–Crippen MR) is 55.4 cm³/mol. The van der Waals surface area contributed by atoms with E-state index in [0.29, 0.717) is 19.1 Å². The van der Waals surface area contributed by atoms with Crippen molar-refractivity contribution in [2.45, 2.75) is 38.1 Å². The van der Waals surface area contributed by atoms with Gasteiger partial charge in [-0.15, -0.1) is 0 Å². The Morgan fingerprint density at radius 2 is 1.93 bits per heavy atom. The molecule has 0 amide bonds. The maximum absolute atomic E-state index is 11.0. The third-order valence-electron chi connectivity index (χ3n) is 4.05. The van der Waals surface area contributed by atoms with E-state index in [1.807, 2.05) is 0 Å². The van der Waals surface area contributed by atoms with Gasteiger partial charge in [-0.25, -0.2) is 0 Å². The molecule has 2 aliphatic rings. The fourth-order valence-corrected chi connectivity index (χ4v) is 2.93. The van der Waals surface area contributed by atoms with Crippen molar-refractivity contribution in [1.82, 2.24) is 0 Å². The van der Waals surface area contributed by atoms with E-state index in [4.69, 9.17) is 15.6 Å². The molecule has 1 saturated heterocycles. The molecule has 0 aromatic rings. The molecule has 2 rings (SSSR count). The van der Waals surface area contributed by atoms with Crippen molar-refractivity contribution in [2.24, 2.45) is 17.1 Å². The van der Waals surface area contributed by atoms with Crippen molar-refractivity contribution in [3.8, 4) is 0 Å². The first-order valence-corrected chi connectivity index (χ1v) is 5.73. The molecule has 4 nitrogen and oxygen atoms in total. The van der Waals surface area contributed by atoms with Crippen LogP contribution >= 0.6 is 0 Å². The molecule has 1 heterocycles. The summed E-state index contributed by atoms with van der Waals surface area (Å²) in [5, 5.41) is 9.03. The average Bonchev–Trinajstić information content (AvgIpc) is 2.17. The van der Waals surface area contributed by atoms with Crippen LogP contribution in [0.25, 0.3) is 0 Å². The van der Waals surface area contributed by atoms with Crippen LogP contribution in [-0.4, -0.2) is 30.3 Å². The molecule has 4 heteroatoms. The minimum absolute atomic E-state index is 0.272. The molecule has 0 aromatic carbocycles. The molecule has 2 fully saturated rings. The highest BCUT2D eigenvalue weighted by Crippen LogP contribution is 2.45. The Morgan fingerprint density at radius 1 is 1.33 bits per heavy atom. The smallest absolute Gasteiger partial charge is 0.321 e. The molecule has 1 aliphatic heterocycles. The number of carboxylic acids is 1. The van der Waals surface area contributed by atoms with Gasteiger partial charge in [-0.05, 0) is 18.8 Å². The summed E-state index contributed by atoms with van der Waals surface area (Å²) in [7, 11) is 0. The lowest BCUT2D eigenvalue weighted by Crippen LogP contribution is -2.62. The number of aliphatic carboxylic acids is 1. The van der Waals surface area contributed by atoms with Crippen LogP contribution in [0.15, 0.2) is 0 Å². The second-order valence-electron chi connectivity index (χ2n) is 4.88. The van der Waals surface area contributed by atoms with E-state index in [9.17, 15) is 4.79 Å². The van der Waals surface area contributed by atoms with Crippen LogP contribution in [-0.2, 0) is 9.53 Å². The number of ether oxygens (including phenoxy) is 1. The summed E-state index contributed by atoms with van der Waals surface area (Å²) >= 11 is 0. The summed E-state index contributed by atoms with van der Waals surface area (Å²) in [5.74, 6) is -0.435. The van der Waals surface area contributed by atoms with Gasteiger partial charge >= 0.3 is 5.97 Å². The molecule has 3 N–H and O–H groups in total. The number of carbonyl (C=O) groups is 1. The highest BCUT2D eigenvalue weighted by atomic mass is 16.5. The second-order valence-corrected chi connectivity index (χ2v) is 4.88. The quantitative estimate of drug-likeness (QED) is 0.733. The highest BCUT2D eigenvalue weighted by molar-refractivity contribution is 5.74. The molecule has 86 valence electrons. The largest absolute Gasteiger partial charge is 0.480 e. The normalized spacial score (nSPS) is 28.1. The van der Waals surface area contributed by atoms with Gasteiger partial charge in [0.05, 0.1) is 13.2 Å². The maximum atomic E-state index is 11.0. The molecule has 1 aliphatic carbocycles. The van der Waals surface area contributed by atoms with Crippen LogP contribution in [0, 0.1) is 11.3 Å². The minimum atomic E-state index is -0.885. The zero-order chi connectivity index (χ0) is 10.9. The second kappa shape index (κ2) is 4.10. The van der Waals surface area contributed by atoms with Gasteiger partial charge in [0.1, 0.15) is 6.04 Å². The van der Waals surface area contributed by atoms with Crippen LogP contribution in [0.2, 0.25) is 0 Å². The molecule has 0 aromatic heterocycles. The number of rotatable bonds is 3. The Morgan fingerprint density at radius 3 is 2.33 bits per heavy atom. The van der Waals surface area contributed by atoms with Gasteiger partial charge in [0, 0.05) is 5.41 Å². The van der Waals surface area contributed by atoms with Gasteiger partial charge in [0.25, 0.3) is 0 Å². The molecular weight excluding hydrogens is 194 g/mol. The third-order valence-corrected chi connectivity index (χ3v) is 4.05. The number of hydrogen-bond acceptors (Lipinski definition) is 3. The Kier molecular flexibility index (Phi) is 2.98. The Hall–Kier alpha value is -0.610. The van der Waals surface area contributed by atoms with Gasteiger partial charge < -0.3 is 15.6 Å². The van der Waals surface area contributed by atoms with Crippen LogP contribution in [0.1, 0.15) is 32.1 Å². The zero-order valence-electron chi connectivity index (χ0n) is 8.95. The Balaban J connectivity index is 2.09. The molecule has 0 spiro atoms. The summed E-state index contributed by atoms with van der Waals surface area (Å²) in [5.41, 5.74) is 5.54. The molecule has 0 bridgehead atoms. The molecule has 1 saturated carbocycles. The molecular formula is C11H19NO3. The first-order chi connectivity index (χ1) is 7.17. The predicted octanol–water partition coefficient (Wildman–Crippen LogP) is 0.995. The summed E-state index contributed by atoms with van der Waals surface area (Å²) in [6.45, 7) is 1.07. The molecule has 15 heavy (non-hydrogen) atoms. The van der Waals surface area contributed by atoms with Crippen molar-refractivity contribution in [2.75, 3.05) is 13.2 Å². The van der Waals surface area contributed by atoms with E-state index in [1.54, 1.807) is 0 Å². The fourth-order valence-electron chi connectivity index (χ4n) is 2.93. The van der Waals surface area contributed by atoms with E-state index in [2.05, 4.69) is 0 Å². The lowest BCUT2D eigenvalue weighted by Gasteiger charge is -2.50. The Labute approximate surface area is 89.8 Å². The first-order valence-electron chi connectivity index (χ1n) is 5.73. The molecule has 1 atom stereocenters. The maximum Gasteiger partial charge on any atom is 0.321 e. The standard InChI is InChI=1S/C11H19NO3/c12-9(10(13)14)11(6-15-7-11)8-4-2-1-3-5-8/h8-9H,1-7,12H2,(H,13,14). The lowest BCUT2D eigenvalue weighted by molar-refractivity contribution is -0.181. The van der Waals surface area contributed by atoms with Crippen molar-refractivity contribution in [1.29, 1.82) is 0 Å². The number of nitrogens with two attached hydrogens (primary N) is 1. The SMILES string of the molecule is NC(C(=O)O)C1(C2CCCCC2)COC1. The topological polar surface area (TPSA) is 72.6 Å². The highest BCUT2D eigenvalue weighted by Gasteiger charge is 2.52. The van der Waals surface area contributed by atoms with Gasteiger partial charge in [-0.1, -0.05) is 19.3 Å². The van der Waals surface area contributed by atoms with Gasteiger partial charge in [0.15, 0.2) is 0 Å². The monoisotopic (exact) mass is 213 g/mol. The summed E-state index contributed by atoms with van der Waals surface area (Å²) in [6.07, 6.45) is 5.92. The zero-order valence-corrected chi connectivity index (χ0v) is 8.95. The van der Waals surface area contributed by atoms with Crippen LogP contribution in [0.5, 0.6) is 0 Å². The summed E-state index contributed by atoms with van der Waals surface area (Å²) in [4.78, 5) is 11.0. The first kappa shape index (κ1) is 10.9. The van der Waals surface area contributed by atoms with E-state index in [0.717, 1.165) is 12.8 Å². The van der Waals surface area contributed by atoms with Crippen LogP contribution in [0.4, 0.5) is 0 Å². The van der Waals surface area contributed by atoms with E-state index in [1.165, 1.54) is 19.3 Å². The van der Waals surface area contributed by atoms with E-state index in [-0.39, 0.29) is 5.41 Å². The summed E-state index contributed by atoms with van der Waals surface area (Å²) < 4.78 is 5.22. The van der Waals surface area contributed by atoms with Crippen LogP contribution in [0.3, 0.4) is 0 Å². The van der Waals surface area contributed by atoms with Crippen molar-refractivity contribution < 1.29 is 14.6 Å². The fraction of sp³-hybridized carbons (Fsp3) is 0.909.